The monoisotopic (exact) mass is 270 g/mol. The molecule has 0 bridgehead atoms. The first-order valence-corrected chi connectivity index (χ1v) is 6.25. The number of nitrogens with one attached hydrogen (secondary N) is 2. The van der Waals surface area contributed by atoms with Crippen LogP contribution in [-0.4, -0.2) is 26.0 Å². The highest BCUT2D eigenvalue weighted by Crippen LogP contribution is 2.07. The predicted molar refractivity (Wildman–Crippen MR) is 78.3 cm³/mol. The molecule has 0 unspecified atom stereocenters. The highest BCUT2D eigenvalue weighted by molar-refractivity contribution is 5.85. The third kappa shape index (κ3) is 6.62. The summed E-state index contributed by atoms with van der Waals surface area (Å²) in [6.07, 6.45) is 2.44. The molecule has 0 atom stereocenters. The number of amides is 1. The van der Waals surface area contributed by atoms with Crippen LogP contribution in [0.3, 0.4) is 0 Å². The Morgan fingerprint density at radius 1 is 1.11 bits per heavy atom. The third-order valence-corrected chi connectivity index (χ3v) is 2.77. The molecule has 0 aliphatic carbocycles. The van der Waals surface area contributed by atoms with Crippen molar-refractivity contribution in [2.45, 2.75) is 26.2 Å². The van der Waals surface area contributed by atoms with Crippen LogP contribution in [-0.2, 0) is 17.6 Å². The molecule has 1 amide bonds. The predicted octanol–water partition coefficient (Wildman–Crippen LogP) is 1.94. The Labute approximate surface area is 116 Å². The SMILES string of the molecule is CCc1ccc(CCC(=O)NCCNC)cc1.Cl. The first-order valence-electron chi connectivity index (χ1n) is 6.25. The number of carbonyl (C=O) groups excluding carboxylic acids is 1. The van der Waals surface area contributed by atoms with E-state index in [9.17, 15) is 4.79 Å². The van der Waals surface area contributed by atoms with Crippen molar-refractivity contribution in [3.63, 3.8) is 0 Å². The summed E-state index contributed by atoms with van der Waals surface area (Å²) in [4.78, 5) is 11.5. The molecule has 18 heavy (non-hydrogen) atoms. The molecule has 0 fully saturated rings. The molecule has 0 saturated carbocycles. The number of hydrogen-bond donors (Lipinski definition) is 2. The molecule has 0 saturated heterocycles. The van der Waals surface area contributed by atoms with E-state index in [0.29, 0.717) is 13.0 Å². The van der Waals surface area contributed by atoms with E-state index in [1.165, 1.54) is 11.1 Å². The van der Waals surface area contributed by atoms with Gasteiger partial charge >= 0.3 is 0 Å². The largest absolute Gasteiger partial charge is 0.355 e. The van der Waals surface area contributed by atoms with Gasteiger partial charge in [0.15, 0.2) is 0 Å². The lowest BCUT2D eigenvalue weighted by Crippen LogP contribution is -2.30. The van der Waals surface area contributed by atoms with E-state index in [-0.39, 0.29) is 18.3 Å². The average Bonchev–Trinajstić information content (AvgIpc) is 2.37. The molecular formula is C14H23ClN2O. The van der Waals surface area contributed by atoms with Crippen LogP contribution in [0.2, 0.25) is 0 Å². The summed E-state index contributed by atoms with van der Waals surface area (Å²) in [5, 5.41) is 5.87. The number of benzene rings is 1. The Kier molecular flexibility index (Phi) is 9.33. The maximum absolute atomic E-state index is 11.5. The van der Waals surface area contributed by atoms with Crippen LogP contribution in [0.15, 0.2) is 24.3 Å². The van der Waals surface area contributed by atoms with Crippen LogP contribution < -0.4 is 10.6 Å². The summed E-state index contributed by atoms with van der Waals surface area (Å²) in [5.41, 5.74) is 2.57. The molecule has 1 rings (SSSR count). The van der Waals surface area contributed by atoms with E-state index in [1.807, 2.05) is 7.05 Å². The van der Waals surface area contributed by atoms with E-state index >= 15 is 0 Å². The molecule has 0 aliphatic rings. The van der Waals surface area contributed by atoms with E-state index < -0.39 is 0 Å². The number of carbonyl (C=O) groups is 1. The van der Waals surface area contributed by atoms with Crippen molar-refractivity contribution < 1.29 is 4.79 Å². The second-order valence-corrected chi connectivity index (χ2v) is 4.12. The van der Waals surface area contributed by atoms with Gasteiger partial charge in [0.25, 0.3) is 0 Å². The lowest BCUT2D eigenvalue weighted by molar-refractivity contribution is -0.121. The van der Waals surface area contributed by atoms with Crippen LogP contribution >= 0.6 is 12.4 Å². The summed E-state index contributed by atoms with van der Waals surface area (Å²) in [7, 11) is 1.88. The Bertz CT molecular complexity index is 338. The topological polar surface area (TPSA) is 41.1 Å². The van der Waals surface area contributed by atoms with Gasteiger partial charge in [-0.05, 0) is 31.0 Å². The van der Waals surface area contributed by atoms with E-state index in [2.05, 4.69) is 41.8 Å². The molecule has 4 heteroatoms. The smallest absolute Gasteiger partial charge is 0.220 e. The average molecular weight is 271 g/mol. The zero-order chi connectivity index (χ0) is 12.5. The van der Waals surface area contributed by atoms with Gasteiger partial charge in [0.2, 0.25) is 5.91 Å². The Balaban J connectivity index is 0.00000289. The first-order chi connectivity index (χ1) is 8.26. The Hall–Kier alpha value is -1.06. The van der Waals surface area contributed by atoms with Crippen molar-refractivity contribution in [3.05, 3.63) is 35.4 Å². The van der Waals surface area contributed by atoms with Crippen molar-refractivity contribution in [2.24, 2.45) is 0 Å². The number of halogens is 1. The van der Waals surface area contributed by atoms with E-state index in [0.717, 1.165) is 19.4 Å². The lowest BCUT2D eigenvalue weighted by atomic mass is 10.1. The number of aryl methyl sites for hydroxylation is 2. The van der Waals surface area contributed by atoms with Gasteiger partial charge in [-0.2, -0.15) is 0 Å². The number of hydrogen-bond acceptors (Lipinski definition) is 2. The van der Waals surface area contributed by atoms with Gasteiger partial charge in [0.1, 0.15) is 0 Å². The highest BCUT2D eigenvalue weighted by atomic mass is 35.5. The highest BCUT2D eigenvalue weighted by Gasteiger charge is 2.01. The summed E-state index contributed by atoms with van der Waals surface area (Å²) in [6, 6.07) is 8.49. The van der Waals surface area contributed by atoms with Crippen molar-refractivity contribution in [1.82, 2.24) is 10.6 Å². The zero-order valence-electron chi connectivity index (χ0n) is 11.2. The number of likely N-dealkylation sites (N-methyl/N-ethyl adjacent to an activating group) is 1. The van der Waals surface area contributed by atoms with Crippen molar-refractivity contribution in [2.75, 3.05) is 20.1 Å². The molecule has 3 nitrogen and oxygen atoms in total. The normalized spacial score (nSPS) is 9.67. The summed E-state index contributed by atoms with van der Waals surface area (Å²) >= 11 is 0. The molecule has 0 heterocycles. The molecule has 0 aliphatic heterocycles. The molecule has 1 aromatic carbocycles. The standard InChI is InChI=1S/C14H22N2O.ClH/c1-3-12-4-6-13(7-5-12)8-9-14(17)16-11-10-15-2;/h4-7,15H,3,8-11H2,1-2H3,(H,16,17);1H. The first kappa shape index (κ1) is 16.9. The molecule has 1 aromatic rings. The maximum atomic E-state index is 11.5. The zero-order valence-corrected chi connectivity index (χ0v) is 12.0. The van der Waals surface area contributed by atoms with Crippen LogP contribution in [0.25, 0.3) is 0 Å². The molecule has 2 N–H and O–H groups in total. The van der Waals surface area contributed by atoms with E-state index in [1.54, 1.807) is 0 Å². The van der Waals surface area contributed by atoms with Gasteiger partial charge < -0.3 is 10.6 Å². The maximum Gasteiger partial charge on any atom is 0.220 e. The molecule has 0 radical (unpaired) electrons. The third-order valence-electron chi connectivity index (χ3n) is 2.77. The summed E-state index contributed by atoms with van der Waals surface area (Å²) in [5.74, 6) is 0.125. The van der Waals surface area contributed by atoms with Crippen LogP contribution in [0, 0.1) is 0 Å². The minimum Gasteiger partial charge on any atom is -0.355 e. The van der Waals surface area contributed by atoms with Crippen molar-refractivity contribution in [3.8, 4) is 0 Å². The summed E-state index contributed by atoms with van der Waals surface area (Å²) in [6.45, 7) is 3.66. The van der Waals surface area contributed by atoms with Crippen LogP contribution in [0.5, 0.6) is 0 Å². The van der Waals surface area contributed by atoms with Gasteiger partial charge in [-0.25, -0.2) is 0 Å². The van der Waals surface area contributed by atoms with Crippen LogP contribution in [0.4, 0.5) is 0 Å². The molecular weight excluding hydrogens is 248 g/mol. The minimum atomic E-state index is 0. The van der Waals surface area contributed by atoms with E-state index in [4.69, 9.17) is 0 Å². The van der Waals surface area contributed by atoms with Gasteiger partial charge in [0.05, 0.1) is 0 Å². The van der Waals surface area contributed by atoms with Crippen LogP contribution in [0.1, 0.15) is 24.5 Å². The van der Waals surface area contributed by atoms with Gasteiger partial charge in [-0.15, -0.1) is 12.4 Å². The quantitative estimate of drug-likeness (QED) is 0.744. The van der Waals surface area contributed by atoms with Crippen molar-refractivity contribution >= 4 is 18.3 Å². The lowest BCUT2D eigenvalue weighted by Gasteiger charge is -2.05. The van der Waals surface area contributed by atoms with Gasteiger partial charge in [-0.1, -0.05) is 31.2 Å². The fraction of sp³-hybridized carbons (Fsp3) is 0.500. The fourth-order valence-electron chi connectivity index (χ4n) is 1.61. The van der Waals surface area contributed by atoms with Crippen molar-refractivity contribution in [1.29, 1.82) is 0 Å². The second kappa shape index (κ2) is 9.92. The summed E-state index contributed by atoms with van der Waals surface area (Å²) < 4.78 is 0. The fourth-order valence-corrected chi connectivity index (χ4v) is 1.61. The Morgan fingerprint density at radius 3 is 2.28 bits per heavy atom. The Morgan fingerprint density at radius 2 is 1.72 bits per heavy atom. The second-order valence-electron chi connectivity index (χ2n) is 4.12. The molecule has 0 spiro atoms. The molecule has 0 aromatic heterocycles. The molecule has 102 valence electrons. The minimum absolute atomic E-state index is 0. The van der Waals surface area contributed by atoms with Gasteiger partial charge in [-0.3, -0.25) is 4.79 Å². The van der Waals surface area contributed by atoms with Gasteiger partial charge in [0, 0.05) is 19.5 Å². The number of rotatable bonds is 7.